The Labute approximate surface area is 716 Å². The molecule has 0 fully saturated rings. The Kier molecular flexibility index (Phi) is 45.1. The van der Waals surface area contributed by atoms with Gasteiger partial charge >= 0.3 is 0 Å². The molecule has 644 valence electrons. The second-order valence-electron chi connectivity index (χ2n) is 41.9. The van der Waals surface area contributed by atoms with Crippen LogP contribution in [0.25, 0.3) is 0 Å². The van der Waals surface area contributed by atoms with Gasteiger partial charge in [0.1, 0.15) is 28.7 Å². The Morgan fingerprint density at radius 2 is 0.565 bits per heavy atom. The second kappa shape index (κ2) is 50.0. The maximum Gasteiger partial charge on any atom is 0.119 e. The molecule has 0 saturated carbocycles. The third-order valence-electron chi connectivity index (χ3n) is 22.8. The zero-order chi connectivity index (χ0) is 86.9. The van der Waals surface area contributed by atoms with Gasteiger partial charge in [-0.1, -0.05) is 317 Å². The van der Waals surface area contributed by atoms with Crippen LogP contribution >= 0.6 is 0 Å². The number of aryl methyl sites for hydroxylation is 11. The van der Waals surface area contributed by atoms with Gasteiger partial charge in [0.25, 0.3) is 0 Å². The summed E-state index contributed by atoms with van der Waals surface area (Å²) in [6.07, 6.45) is 23.6. The van der Waals surface area contributed by atoms with Crippen LogP contribution in [0.5, 0.6) is 28.7 Å². The van der Waals surface area contributed by atoms with Gasteiger partial charge in [-0.15, -0.1) is 0 Å². The zero-order valence-corrected chi connectivity index (χ0v) is 85.9. The van der Waals surface area contributed by atoms with E-state index in [0.29, 0.717) is 52.4 Å². The fourth-order valence-electron chi connectivity index (χ4n) is 15.4. The molecule has 0 spiro atoms. The van der Waals surface area contributed by atoms with E-state index in [-0.39, 0.29) is 29.9 Å². The number of rotatable bonds is 37. The van der Waals surface area contributed by atoms with Crippen molar-refractivity contribution in [2.45, 2.75) is 387 Å². The number of hydrogen-bond acceptors (Lipinski definition) is 5. The van der Waals surface area contributed by atoms with Crippen LogP contribution in [-0.4, -0.2) is 68.8 Å². The minimum Gasteiger partial charge on any atom is -0.508 e. The van der Waals surface area contributed by atoms with Gasteiger partial charge < -0.3 is 25.5 Å². The predicted molar refractivity (Wildman–Crippen MR) is 527 cm³/mol. The molecule has 0 aliphatic heterocycles. The molecule has 0 aliphatic rings. The zero-order valence-electron chi connectivity index (χ0n) is 80.1. The molecule has 10 heteroatoms. The van der Waals surface area contributed by atoms with E-state index < -0.39 is 24.2 Å². The number of phenols is 5. The van der Waals surface area contributed by atoms with Crippen molar-refractivity contribution in [2.75, 3.05) is 0 Å². The van der Waals surface area contributed by atoms with Crippen LogP contribution in [0.4, 0.5) is 0 Å². The molecule has 0 radical (unpaired) electrons. The molecule has 0 bridgehead atoms. The standard InChI is InChI=1S/2C24H36OSi.3C19H34OSi/c1-16(2)12-21-15-23(25)22(13-17(3)4)14-20(21)10-11-26-24-9-7-8-18(5)19(24)6;1-5-7-11-20-17-23(25)22(12-8-6-2)16-21(20)14-15-26-24-13-9-10-18(3)19(24)4;1-18(2,3)15-13-17(20)16(19(4,5)6)12-14(15)10-11-21(7,8)9;1-14(2)10-17-13-19(20)18(11-15(3)4)12-16(17)8-9-21(5,6)7;1-6-8-10-16-15-19(20)18(11-9-7-2)14-17(16)12-13-21(3,4)5/h7-9,14-17,25H,10-13,26H2,1-6H3;9-10,13,16-17,25H,5-8,11-12,14-15,26H2,1-4H3;12-13,20H,10-11H2,1-9H3;12-15,20H,8-11H2,1-7H3;14-15,20H,6-13H2,1-5H3. The molecular weight excluding hydrogens is 1480 g/mol. The molecule has 7 aromatic rings. The van der Waals surface area contributed by atoms with Crippen molar-refractivity contribution < 1.29 is 25.5 Å². The van der Waals surface area contributed by atoms with Crippen LogP contribution in [0.3, 0.4) is 0 Å². The average molecular weight is 1660 g/mol. The van der Waals surface area contributed by atoms with Gasteiger partial charge in [0.05, 0.1) is 19.0 Å². The fourth-order valence-corrected chi connectivity index (χ4v) is 22.3. The molecule has 5 nitrogen and oxygen atoms in total. The molecule has 7 rings (SSSR count). The molecule has 0 atom stereocenters. The van der Waals surface area contributed by atoms with E-state index in [0.717, 1.165) is 111 Å². The molecule has 0 amide bonds. The normalized spacial score (nSPS) is 12.2. The summed E-state index contributed by atoms with van der Waals surface area (Å²) < 4.78 is 0. The predicted octanol–water partition coefficient (Wildman–Crippen LogP) is 27.5. The third kappa shape index (κ3) is 39.6. The van der Waals surface area contributed by atoms with Crippen molar-refractivity contribution in [3.05, 3.63) is 203 Å². The summed E-state index contributed by atoms with van der Waals surface area (Å²) in [5.41, 5.74) is 25.6. The molecule has 5 N–H and O–H groups in total. The summed E-state index contributed by atoms with van der Waals surface area (Å²) in [4.78, 5) is 0. The van der Waals surface area contributed by atoms with Crippen molar-refractivity contribution in [3.63, 3.8) is 0 Å². The number of phenolic OH excluding ortho intramolecular Hbond substituents is 5. The summed E-state index contributed by atoms with van der Waals surface area (Å²) in [5.74, 6) is 4.86. The van der Waals surface area contributed by atoms with Crippen molar-refractivity contribution in [1.29, 1.82) is 0 Å². The van der Waals surface area contributed by atoms with E-state index in [1.54, 1.807) is 10.4 Å². The Bertz CT molecular complexity index is 4010. The first-order chi connectivity index (χ1) is 53.5. The van der Waals surface area contributed by atoms with Gasteiger partial charge in [-0.25, -0.2) is 0 Å². The van der Waals surface area contributed by atoms with E-state index in [2.05, 4.69) is 290 Å². The van der Waals surface area contributed by atoms with Gasteiger partial charge in [0.2, 0.25) is 0 Å². The van der Waals surface area contributed by atoms with Crippen molar-refractivity contribution in [2.24, 2.45) is 23.7 Å². The van der Waals surface area contributed by atoms with E-state index >= 15 is 0 Å². The van der Waals surface area contributed by atoms with E-state index in [4.69, 9.17) is 0 Å². The van der Waals surface area contributed by atoms with Gasteiger partial charge in [0, 0.05) is 24.2 Å². The molecule has 0 heterocycles. The van der Waals surface area contributed by atoms with Crippen molar-refractivity contribution in [1.82, 2.24) is 0 Å². The highest BCUT2D eigenvalue weighted by atomic mass is 28.3. The minimum atomic E-state index is -1.06. The van der Waals surface area contributed by atoms with E-state index in [1.807, 2.05) is 18.2 Å². The number of hydrogen-bond donors (Lipinski definition) is 5. The lowest BCUT2D eigenvalue weighted by atomic mass is 9.78. The summed E-state index contributed by atoms with van der Waals surface area (Å²) in [7, 11) is -3.60. The lowest BCUT2D eigenvalue weighted by molar-refractivity contribution is 0.442. The molecule has 7 aromatic carbocycles. The Hall–Kier alpha value is -5.38. The minimum absolute atomic E-state index is 0.0194. The van der Waals surface area contributed by atoms with Crippen LogP contribution in [-0.2, 0) is 94.3 Å². The topological polar surface area (TPSA) is 101 Å². The number of benzene rings is 7. The number of unbranched alkanes of at least 4 members (excludes halogenated alkanes) is 4. The van der Waals surface area contributed by atoms with Crippen molar-refractivity contribution >= 4 is 53.6 Å². The molecule has 0 aliphatic carbocycles. The molecular formula is C105H174O5Si5. The fraction of sp³-hybridized carbons (Fsp3) is 0.600. The SMILES string of the molecule is CC(C)(C)c1cc(CC[Si](C)(C)C)c(C(C)(C)C)cc1O.CC(C)Cc1cc(CC[Si](C)(C)C)c(CC(C)C)cc1O.CCCCc1cc(CC[SiH2]c2cccc(C)c2C)c(CCCC)cc1O.CCCCc1cc(CC[Si](C)(C)C)c(CCCC)cc1O.Cc1cccc([SiH2]CCc2cc(CC(C)C)c(O)cc2CC(C)C)c1C. The Balaban J connectivity index is 0.000000374. The van der Waals surface area contributed by atoms with Crippen LogP contribution in [0.15, 0.2) is 97.1 Å². The van der Waals surface area contributed by atoms with Gasteiger partial charge in [-0.3, -0.25) is 0 Å². The van der Waals surface area contributed by atoms with Crippen LogP contribution in [0.1, 0.15) is 282 Å². The highest BCUT2D eigenvalue weighted by molar-refractivity contribution is 6.76. The lowest BCUT2D eigenvalue weighted by Crippen LogP contribution is -2.22. The molecule has 0 aromatic heterocycles. The van der Waals surface area contributed by atoms with Crippen LogP contribution in [0.2, 0.25) is 89.1 Å². The quantitative estimate of drug-likeness (QED) is 0.0250. The first kappa shape index (κ1) is 104. The number of aromatic hydroxyl groups is 5. The summed E-state index contributed by atoms with van der Waals surface area (Å²) >= 11 is 0. The van der Waals surface area contributed by atoms with E-state index in [1.165, 1.54) is 159 Å². The van der Waals surface area contributed by atoms with Crippen LogP contribution < -0.4 is 10.4 Å². The van der Waals surface area contributed by atoms with Gasteiger partial charge in [0.15, 0.2) is 0 Å². The largest absolute Gasteiger partial charge is 0.508 e. The van der Waals surface area contributed by atoms with Gasteiger partial charge in [-0.05, 0) is 307 Å². The van der Waals surface area contributed by atoms with Crippen molar-refractivity contribution in [3.8, 4) is 28.7 Å². The first-order valence-corrected chi connectivity index (χ1v) is 60.4. The third-order valence-corrected chi connectivity index (χ3v) is 32.1. The monoisotopic (exact) mass is 1660 g/mol. The van der Waals surface area contributed by atoms with Gasteiger partial charge in [-0.2, -0.15) is 0 Å². The summed E-state index contributed by atoms with van der Waals surface area (Å²) in [6.45, 7) is 70.8. The average Bonchev–Trinajstić information content (AvgIpc) is 0.785. The summed E-state index contributed by atoms with van der Waals surface area (Å²) in [6, 6.07) is 41.7. The maximum atomic E-state index is 10.5. The Morgan fingerprint density at radius 1 is 0.296 bits per heavy atom. The van der Waals surface area contributed by atoms with Crippen LogP contribution in [0, 0.1) is 51.4 Å². The lowest BCUT2D eigenvalue weighted by Gasteiger charge is -2.29. The Morgan fingerprint density at radius 3 is 0.887 bits per heavy atom. The van der Waals surface area contributed by atoms with E-state index in [9.17, 15) is 25.5 Å². The first-order valence-electron chi connectivity index (χ1n) is 45.8. The highest BCUT2D eigenvalue weighted by Gasteiger charge is 2.27. The molecule has 115 heavy (non-hydrogen) atoms. The maximum absolute atomic E-state index is 10.5. The molecule has 0 saturated heterocycles. The molecule has 0 unspecified atom stereocenters. The summed E-state index contributed by atoms with van der Waals surface area (Å²) in [5, 5.41) is 55.1. The highest BCUT2D eigenvalue weighted by Crippen LogP contribution is 2.39. The smallest absolute Gasteiger partial charge is 0.119 e. The second-order valence-corrected chi connectivity index (χ2v) is 62.7.